The molecule has 122 valence electrons. The number of aryl methyl sites for hydroxylation is 1. The molecule has 1 aliphatic heterocycles. The minimum atomic E-state index is -0.686. The highest BCUT2D eigenvalue weighted by molar-refractivity contribution is 7.16. The van der Waals surface area contributed by atoms with Gasteiger partial charge in [-0.1, -0.05) is 17.7 Å². The van der Waals surface area contributed by atoms with Crippen LogP contribution in [0.15, 0.2) is 30.3 Å². The Balaban J connectivity index is 1.89. The van der Waals surface area contributed by atoms with Crippen molar-refractivity contribution in [1.82, 2.24) is 9.88 Å². The number of hydrogen-bond donors (Lipinski definition) is 1. The van der Waals surface area contributed by atoms with Gasteiger partial charge in [-0.05, 0) is 57.1 Å². The zero-order chi connectivity index (χ0) is 16.4. The van der Waals surface area contributed by atoms with Crippen LogP contribution in [0.1, 0.15) is 35.1 Å². The molecule has 2 aromatic rings. The van der Waals surface area contributed by atoms with Gasteiger partial charge < -0.3 is 5.11 Å². The molecule has 3 heterocycles. The Morgan fingerprint density at radius 2 is 2.09 bits per heavy atom. The smallest absolute Gasteiger partial charge is 0.306 e. The van der Waals surface area contributed by atoms with Gasteiger partial charge in [-0.15, -0.1) is 11.3 Å². The van der Waals surface area contributed by atoms with E-state index in [0.29, 0.717) is 12.8 Å². The number of rotatable bonds is 4. The van der Waals surface area contributed by atoms with Crippen LogP contribution in [-0.4, -0.2) is 34.0 Å². The highest BCUT2D eigenvalue weighted by atomic mass is 35.5. The Bertz CT molecular complexity index is 695. The number of piperidine rings is 1. The molecule has 3 rings (SSSR count). The number of carboxylic acids is 1. The van der Waals surface area contributed by atoms with Gasteiger partial charge in [0.2, 0.25) is 0 Å². The third kappa shape index (κ3) is 3.74. The van der Waals surface area contributed by atoms with Crippen LogP contribution in [0.4, 0.5) is 0 Å². The van der Waals surface area contributed by atoms with Crippen LogP contribution in [0.5, 0.6) is 0 Å². The molecule has 2 aromatic heterocycles. The SMILES string of the molecule is Cc1cccc(C(c2ccc(Cl)s2)N2CCC(C(=O)O)CC2)n1. The van der Waals surface area contributed by atoms with Crippen LogP contribution in [0, 0.1) is 12.8 Å². The number of hydrogen-bond acceptors (Lipinski definition) is 4. The second-order valence-electron chi connectivity index (χ2n) is 5.90. The van der Waals surface area contributed by atoms with E-state index >= 15 is 0 Å². The third-order valence-electron chi connectivity index (χ3n) is 4.30. The molecule has 1 N–H and O–H groups in total. The van der Waals surface area contributed by atoms with Crippen molar-refractivity contribution in [3.63, 3.8) is 0 Å². The van der Waals surface area contributed by atoms with Crippen molar-refractivity contribution in [3.05, 3.63) is 50.9 Å². The Labute approximate surface area is 144 Å². The van der Waals surface area contributed by atoms with Gasteiger partial charge in [0.15, 0.2) is 0 Å². The summed E-state index contributed by atoms with van der Waals surface area (Å²) in [7, 11) is 0. The lowest BCUT2D eigenvalue weighted by Gasteiger charge is -2.35. The summed E-state index contributed by atoms with van der Waals surface area (Å²) in [4.78, 5) is 19.3. The maximum absolute atomic E-state index is 11.2. The second kappa shape index (κ2) is 6.99. The molecule has 23 heavy (non-hydrogen) atoms. The van der Waals surface area contributed by atoms with Crippen LogP contribution in [0.2, 0.25) is 4.34 Å². The van der Waals surface area contributed by atoms with Gasteiger partial charge in [0, 0.05) is 10.6 Å². The molecular weight excluding hydrogens is 332 g/mol. The number of thiophene rings is 1. The normalized spacial score (nSPS) is 18.0. The predicted molar refractivity (Wildman–Crippen MR) is 92.1 cm³/mol. The van der Waals surface area contributed by atoms with E-state index in [2.05, 4.69) is 4.90 Å². The number of halogens is 1. The molecule has 1 fully saturated rings. The fourth-order valence-corrected chi connectivity index (χ4v) is 4.32. The maximum atomic E-state index is 11.2. The van der Waals surface area contributed by atoms with Crippen molar-refractivity contribution in [1.29, 1.82) is 0 Å². The van der Waals surface area contributed by atoms with Gasteiger partial charge in [-0.25, -0.2) is 0 Å². The number of aromatic nitrogens is 1. The van der Waals surface area contributed by atoms with Gasteiger partial charge in [0.25, 0.3) is 0 Å². The molecule has 0 aliphatic carbocycles. The summed E-state index contributed by atoms with van der Waals surface area (Å²) in [6.45, 7) is 3.50. The van der Waals surface area contributed by atoms with E-state index in [9.17, 15) is 9.90 Å². The molecule has 1 aliphatic rings. The first-order chi connectivity index (χ1) is 11.0. The Kier molecular flexibility index (Phi) is 4.99. The van der Waals surface area contributed by atoms with Crippen LogP contribution in [0.3, 0.4) is 0 Å². The quantitative estimate of drug-likeness (QED) is 0.905. The van der Waals surface area contributed by atoms with Gasteiger partial charge >= 0.3 is 5.97 Å². The zero-order valence-electron chi connectivity index (χ0n) is 12.9. The molecule has 0 bridgehead atoms. The standard InChI is InChI=1S/C17H19ClN2O2S/c1-11-3-2-4-13(19-11)16(14-5-6-15(18)23-14)20-9-7-12(8-10-20)17(21)22/h2-6,12,16H,7-10H2,1H3,(H,21,22). The number of carbonyl (C=O) groups is 1. The summed E-state index contributed by atoms with van der Waals surface area (Å²) in [6.07, 6.45) is 1.35. The van der Waals surface area contributed by atoms with E-state index in [1.807, 2.05) is 37.3 Å². The van der Waals surface area contributed by atoms with Gasteiger partial charge in [-0.2, -0.15) is 0 Å². The van der Waals surface area contributed by atoms with E-state index < -0.39 is 5.97 Å². The summed E-state index contributed by atoms with van der Waals surface area (Å²) in [5, 5.41) is 9.19. The molecular formula is C17H19ClN2O2S. The van der Waals surface area contributed by atoms with E-state index in [1.54, 1.807) is 11.3 Å². The first kappa shape index (κ1) is 16.4. The monoisotopic (exact) mass is 350 g/mol. The number of likely N-dealkylation sites (tertiary alicyclic amines) is 1. The Hall–Kier alpha value is -1.43. The summed E-state index contributed by atoms with van der Waals surface area (Å²) in [5.41, 5.74) is 1.98. The first-order valence-corrected chi connectivity index (χ1v) is 8.89. The molecule has 1 atom stereocenters. The minimum Gasteiger partial charge on any atom is -0.481 e. The maximum Gasteiger partial charge on any atom is 0.306 e. The fourth-order valence-electron chi connectivity index (χ4n) is 3.11. The van der Waals surface area contributed by atoms with Gasteiger partial charge in [0.1, 0.15) is 0 Å². The lowest BCUT2D eigenvalue weighted by molar-refractivity contribution is -0.143. The highest BCUT2D eigenvalue weighted by Crippen LogP contribution is 2.36. The van der Waals surface area contributed by atoms with Crippen LogP contribution in [0.25, 0.3) is 0 Å². The minimum absolute atomic E-state index is 0.0437. The van der Waals surface area contributed by atoms with Crippen molar-refractivity contribution in [2.75, 3.05) is 13.1 Å². The van der Waals surface area contributed by atoms with E-state index in [0.717, 1.165) is 33.7 Å². The number of aliphatic carboxylic acids is 1. The molecule has 6 heteroatoms. The van der Waals surface area contributed by atoms with E-state index in [1.165, 1.54) is 0 Å². The number of carboxylic acid groups (broad SMARTS) is 1. The molecule has 1 saturated heterocycles. The van der Waals surface area contributed by atoms with Crippen molar-refractivity contribution in [2.24, 2.45) is 5.92 Å². The van der Waals surface area contributed by atoms with Crippen molar-refractivity contribution in [2.45, 2.75) is 25.8 Å². The lowest BCUT2D eigenvalue weighted by Crippen LogP contribution is -2.39. The Morgan fingerprint density at radius 3 is 2.65 bits per heavy atom. The Morgan fingerprint density at radius 1 is 1.35 bits per heavy atom. The lowest BCUT2D eigenvalue weighted by atomic mass is 9.95. The van der Waals surface area contributed by atoms with Crippen molar-refractivity contribution < 1.29 is 9.90 Å². The first-order valence-electron chi connectivity index (χ1n) is 7.70. The predicted octanol–water partition coefficient (Wildman–Crippen LogP) is 3.99. The number of pyridine rings is 1. The van der Waals surface area contributed by atoms with Crippen molar-refractivity contribution in [3.8, 4) is 0 Å². The molecule has 0 radical (unpaired) electrons. The molecule has 0 spiro atoms. The average Bonchev–Trinajstić information content (AvgIpc) is 2.94. The van der Waals surface area contributed by atoms with Crippen LogP contribution >= 0.6 is 22.9 Å². The number of nitrogens with zero attached hydrogens (tertiary/aromatic N) is 2. The molecule has 0 aromatic carbocycles. The zero-order valence-corrected chi connectivity index (χ0v) is 14.5. The molecule has 0 saturated carbocycles. The van der Waals surface area contributed by atoms with Gasteiger partial charge in [0.05, 0.1) is 22.0 Å². The topological polar surface area (TPSA) is 53.4 Å². The second-order valence-corrected chi connectivity index (χ2v) is 7.64. The van der Waals surface area contributed by atoms with Gasteiger partial charge in [-0.3, -0.25) is 14.7 Å². The summed E-state index contributed by atoms with van der Waals surface area (Å²) in [6, 6.07) is 10.0. The van der Waals surface area contributed by atoms with Crippen molar-refractivity contribution >= 4 is 28.9 Å². The van der Waals surface area contributed by atoms with Crippen LogP contribution in [-0.2, 0) is 4.79 Å². The summed E-state index contributed by atoms with van der Waals surface area (Å²) < 4.78 is 0.762. The third-order valence-corrected chi connectivity index (χ3v) is 5.58. The van der Waals surface area contributed by atoms with Crippen LogP contribution < -0.4 is 0 Å². The molecule has 1 unspecified atom stereocenters. The largest absolute Gasteiger partial charge is 0.481 e. The summed E-state index contributed by atoms with van der Waals surface area (Å²) >= 11 is 7.69. The van der Waals surface area contributed by atoms with E-state index in [-0.39, 0.29) is 12.0 Å². The fraction of sp³-hybridized carbons (Fsp3) is 0.412. The summed E-state index contributed by atoms with van der Waals surface area (Å²) in [5.74, 6) is -0.918. The highest BCUT2D eigenvalue weighted by Gasteiger charge is 2.31. The molecule has 4 nitrogen and oxygen atoms in total. The molecule has 0 amide bonds. The average molecular weight is 351 g/mol. The van der Waals surface area contributed by atoms with E-state index in [4.69, 9.17) is 16.6 Å².